The number of rotatable bonds is 6. The van der Waals surface area contributed by atoms with Crippen molar-refractivity contribution in [2.45, 2.75) is 6.42 Å². The predicted octanol–water partition coefficient (Wildman–Crippen LogP) is 4.05. The van der Waals surface area contributed by atoms with Crippen molar-refractivity contribution in [3.05, 3.63) is 94.5 Å². The molecule has 0 saturated carbocycles. The highest BCUT2D eigenvalue weighted by molar-refractivity contribution is 7.13. The summed E-state index contributed by atoms with van der Waals surface area (Å²) in [5.41, 5.74) is 2.68. The van der Waals surface area contributed by atoms with Gasteiger partial charge in [0.2, 0.25) is 0 Å². The van der Waals surface area contributed by atoms with Crippen LogP contribution in [0.1, 0.15) is 36.8 Å². The smallest absolute Gasteiger partial charge is 0.266 e. The summed E-state index contributed by atoms with van der Waals surface area (Å²) in [6, 6.07) is 13.4. The largest absolute Gasteiger partial charge is 0.352 e. The number of hydrogen-bond acceptors (Lipinski definition) is 5. The summed E-state index contributed by atoms with van der Waals surface area (Å²) in [5, 5.41) is 4.82. The number of nitrogens with zero attached hydrogens (tertiary/aromatic N) is 2. The third kappa shape index (κ3) is 3.83. The molecule has 4 aromatic rings. The van der Waals surface area contributed by atoms with Gasteiger partial charge in [-0.3, -0.25) is 14.4 Å². The third-order valence-electron chi connectivity index (χ3n) is 5.37. The molecule has 1 aliphatic heterocycles. The Bertz CT molecular complexity index is 1360. The second kappa shape index (κ2) is 8.44. The van der Waals surface area contributed by atoms with Crippen LogP contribution < -0.4 is 10.2 Å². The minimum atomic E-state index is -0.547. The number of anilines is 1. The van der Waals surface area contributed by atoms with Gasteiger partial charge < -0.3 is 10.3 Å². The predicted molar refractivity (Wildman–Crippen MR) is 122 cm³/mol. The summed E-state index contributed by atoms with van der Waals surface area (Å²) in [4.78, 5) is 47.7. The molecule has 3 heterocycles. The fourth-order valence-corrected chi connectivity index (χ4v) is 4.50. The first-order valence-corrected chi connectivity index (χ1v) is 11.0. The number of fused-ring (bicyclic) bond motifs is 1. The van der Waals surface area contributed by atoms with Crippen LogP contribution in [0.15, 0.2) is 66.3 Å². The third-order valence-corrected chi connectivity index (χ3v) is 6.24. The zero-order valence-corrected chi connectivity index (χ0v) is 18.0. The molecule has 0 spiro atoms. The summed E-state index contributed by atoms with van der Waals surface area (Å²) in [7, 11) is 0. The van der Waals surface area contributed by atoms with Crippen LogP contribution >= 0.6 is 11.3 Å². The molecule has 2 aromatic carbocycles. The van der Waals surface area contributed by atoms with Crippen LogP contribution in [0.2, 0.25) is 0 Å². The zero-order valence-electron chi connectivity index (χ0n) is 17.2. The van der Waals surface area contributed by atoms with Gasteiger partial charge in [0.1, 0.15) is 11.5 Å². The second-order valence-electron chi connectivity index (χ2n) is 7.40. The Kier molecular flexibility index (Phi) is 5.31. The maximum Gasteiger partial charge on any atom is 0.266 e. The van der Waals surface area contributed by atoms with Gasteiger partial charge >= 0.3 is 0 Å². The molecule has 9 heteroatoms. The zero-order chi connectivity index (χ0) is 22.9. The van der Waals surface area contributed by atoms with E-state index < -0.39 is 17.6 Å². The van der Waals surface area contributed by atoms with Crippen molar-refractivity contribution in [2.24, 2.45) is 0 Å². The molecule has 0 fully saturated rings. The van der Waals surface area contributed by atoms with E-state index in [0.717, 1.165) is 21.2 Å². The number of imide groups is 1. The van der Waals surface area contributed by atoms with Crippen LogP contribution in [0.4, 0.5) is 10.1 Å². The highest BCUT2D eigenvalue weighted by atomic mass is 32.1. The molecule has 5 rings (SSSR count). The molecule has 33 heavy (non-hydrogen) atoms. The summed E-state index contributed by atoms with van der Waals surface area (Å²) in [6.45, 7) is 0.366. The van der Waals surface area contributed by atoms with E-state index in [9.17, 15) is 18.8 Å². The van der Waals surface area contributed by atoms with Crippen LogP contribution in [-0.4, -0.2) is 34.2 Å². The summed E-state index contributed by atoms with van der Waals surface area (Å²) >= 11 is 1.59. The molecule has 0 unspecified atom stereocenters. The average Bonchev–Trinajstić information content (AvgIpc) is 3.55. The van der Waals surface area contributed by atoms with Gasteiger partial charge in [-0.1, -0.05) is 6.07 Å². The minimum Gasteiger partial charge on any atom is -0.352 e. The first-order chi connectivity index (χ1) is 16.0. The Labute approximate surface area is 191 Å². The number of carbonyl (C=O) groups excluding carboxylic acids is 3. The lowest BCUT2D eigenvalue weighted by atomic mass is 10.1. The minimum absolute atomic E-state index is 0.144. The van der Waals surface area contributed by atoms with Crippen molar-refractivity contribution in [3.8, 4) is 10.6 Å². The van der Waals surface area contributed by atoms with Gasteiger partial charge in [0.25, 0.3) is 17.7 Å². The Morgan fingerprint density at radius 1 is 1.06 bits per heavy atom. The molecule has 0 bridgehead atoms. The Balaban J connectivity index is 1.28. The number of halogens is 1. The van der Waals surface area contributed by atoms with E-state index in [2.05, 4.69) is 15.3 Å². The van der Waals surface area contributed by atoms with Crippen molar-refractivity contribution < 1.29 is 18.8 Å². The fourth-order valence-electron chi connectivity index (χ4n) is 3.75. The van der Waals surface area contributed by atoms with Gasteiger partial charge in [-0.2, -0.15) is 0 Å². The van der Waals surface area contributed by atoms with Crippen molar-refractivity contribution in [1.82, 2.24) is 15.3 Å². The molecular formula is C24H17FN4O3S. The van der Waals surface area contributed by atoms with E-state index in [4.69, 9.17) is 0 Å². The molecule has 2 N–H and O–H groups in total. The van der Waals surface area contributed by atoms with Crippen LogP contribution in [0.3, 0.4) is 0 Å². The van der Waals surface area contributed by atoms with E-state index in [0.29, 0.717) is 13.0 Å². The number of thiophene rings is 1. The highest BCUT2D eigenvalue weighted by Gasteiger charge is 2.37. The summed E-state index contributed by atoms with van der Waals surface area (Å²) in [5.74, 6) is -1.87. The van der Waals surface area contributed by atoms with Crippen molar-refractivity contribution >= 4 is 34.7 Å². The number of hydrogen-bond donors (Lipinski definition) is 2. The quantitative estimate of drug-likeness (QED) is 0.425. The lowest BCUT2D eigenvalue weighted by Crippen LogP contribution is -2.29. The number of imidazole rings is 1. The maximum absolute atomic E-state index is 13.2. The first-order valence-electron chi connectivity index (χ1n) is 10.2. The number of amides is 3. The van der Waals surface area contributed by atoms with Crippen molar-refractivity contribution in [2.75, 3.05) is 11.4 Å². The van der Waals surface area contributed by atoms with Gasteiger partial charge in [0, 0.05) is 24.2 Å². The molecule has 2 aromatic heterocycles. The number of nitrogens with one attached hydrogen (secondary N) is 2. The van der Waals surface area contributed by atoms with E-state index in [1.165, 1.54) is 42.5 Å². The average molecular weight is 460 g/mol. The van der Waals surface area contributed by atoms with Gasteiger partial charge in [0.05, 0.1) is 28.0 Å². The fraction of sp³-hybridized carbons (Fsp3) is 0.0833. The molecule has 0 aliphatic carbocycles. The van der Waals surface area contributed by atoms with Gasteiger partial charge in [-0.05, 0) is 53.9 Å². The monoisotopic (exact) mass is 460 g/mol. The standard InChI is InChI=1S/C24H17FN4O3S/c25-15-4-6-16(7-5-15)29-23(31)17-8-3-14(12-18(17)24(29)32)22(30)26-10-9-19-21(28-13-27-19)20-2-1-11-33-20/h1-8,11-13H,9-10H2,(H,26,30)(H,27,28). The topological polar surface area (TPSA) is 95.2 Å². The van der Waals surface area contributed by atoms with Crippen molar-refractivity contribution in [1.29, 1.82) is 0 Å². The Morgan fingerprint density at radius 2 is 1.85 bits per heavy atom. The lowest BCUT2D eigenvalue weighted by Gasteiger charge is -2.13. The Morgan fingerprint density at radius 3 is 2.61 bits per heavy atom. The van der Waals surface area contributed by atoms with Crippen LogP contribution in [-0.2, 0) is 6.42 Å². The molecule has 164 valence electrons. The number of benzene rings is 2. The Hall–Kier alpha value is -4.11. The lowest BCUT2D eigenvalue weighted by molar-refractivity contribution is 0.0923. The second-order valence-corrected chi connectivity index (χ2v) is 8.34. The molecular weight excluding hydrogens is 443 g/mol. The van der Waals surface area contributed by atoms with E-state index in [1.54, 1.807) is 17.7 Å². The highest BCUT2D eigenvalue weighted by Crippen LogP contribution is 2.29. The van der Waals surface area contributed by atoms with Gasteiger partial charge in [-0.15, -0.1) is 11.3 Å². The molecule has 0 saturated heterocycles. The number of aromatic amines is 1. The van der Waals surface area contributed by atoms with Crippen LogP contribution in [0.5, 0.6) is 0 Å². The molecule has 3 amide bonds. The first kappa shape index (κ1) is 20.8. The molecule has 1 aliphatic rings. The number of carbonyl (C=O) groups is 3. The van der Waals surface area contributed by atoms with E-state index in [1.807, 2.05) is 17.5 Å². The van der Waals surface area contributed by atoms with Crippen molar-refractivity contribution in [3.63, 3.8) is 0 Å². The summed E-state index contributed by atoms with van der Waals surface area (Å²) < 4.78 is 13.2. The summed E-state index contributed by atoms with van der Waals surface area (Å²) in [6.07, 6.45) is 2.18. The van der Waals surface area contributed by atoms with E-state index >= 15 is 0 Å². The SMILES string of the molecule is O=C(NCCc1[nH]cnc1-c1cccs1)c1ccc2c(c1)C(=O)N(c1ccc(F)cc1)C2=O. The van der Waals surface area contributed by atoms with Gasteiger partial charge in [0.15, 0.2) is 0 Å². The molecule has 7 nitrogen and oxygen atoms in total. The molecule has 0 atom stereocenters. The van der Waals surface area contributed by atoms with Crippen LogP contribution in [0.25, 0.3) is 10.6 Å². The maximum atomic E-state index is 13.2. The number of aromatic nitrogens is 2. The van der Waals surface area contributed by atoms with E-state index in [-0.39, 0.29) is 28.3 Å². The normalized spacial score (nSPS) is 12.8. The molecule has 0 radical (unpaired) electrons. The van der Waals surface area contributed by atoms with Gasteiger partial charge in [-0.25, -0.2) is 14.3 Å². The number of H-pyrrole nitrogens is 1. The van der Waals surface area contributed by atoms with Crippen LogP contribution in [0, 0.1) is 5.82 Å².